The molecule has 0 spiro atoms. The first-order valence-corrected chi connectivity index (χ1v) is 5.41. The Morgan fingerprint density at radius 1 is 1.35 bits per heavy atom. The Bertz CT molecular complexity index is 466. The number of carboxylic acids is 1. The summed E-state index contributed by atoms with van der Waals surface area (Å²) in [6.07, 6.45) is 0. The number of carbonyl (C=O) groups is 2. The number of carboxylic acid groups (broad SMARTS) is 1. The molecule has 0 saturated carbocycles. The van der Waals surface area contributed by atoms with Crippen molar-refractivity contribution in [2.24, 2.45) is 0 Å². The summed E-state index contributed by atoms with van der Waals surface area (Å²) < 4.78 is 5.13. The molecule has 92 valence electrons. The first-order chi connectivity index (χ1) is 7.88. The molecule has 17 heavy (non-hydrogen) atoms. The molecule has 0 aliphatic heterocycles. The molecule has 0 aromatic heterocycles. The number of carbonyl (C=O) groups excluding carboxylic acids is 1. The molecule has 0 heterocycles. The van der Waals surface area contributed by atoms with Gasteiger partial charge in [0.15, 0.2) is 0 Å². The van der Waals surface area contributed by atoms with Crippen molar-refractivity contribution < 1.29 is 19.4 Å². The molecule has 0 radical (unpaired) electrons. The van der Waals surface area contributed by atoms with Gasteiger partial charge >= 0.3 is 5.97 Å². The Hall–Kier alpha value is -1.55. The molecule has 5 heteroatoms. The summed E-state index contributed by atoms with van der Waals surface area (Å²) in [5.41, 5.74) is 0.640. The van der Waals surface area contributed by atoms with Gasteiger partial charge in [-0.3, -0.25) is 4.79 Å². The maximum atomic E-state index is 11.6. The first-order valence-electron chi connectivity index (χ1n) is 5.03. The lowest BCUT2D eigenvalue weighted by molar-refractivity contribution is -0.131. The fourth-order valence-electron chi connectivity index (χ4n) is 1.66. The Morgan fingerprint density at radius 3 is 2.35 bits per heavy atom. The van der Waals surface area contributed by atoms with E-state index in [0.717, 1.165) is 0 Å². The molecule has 1 aromatic rings. The number of ether oxygens (including phenoxy) is 1. The highest BCUT2D eigenvalue weighted by molar-refractivity contribution is 6.41. The van der Waals surface area contributed by atoms with Crippen LogP contribution in [-0.4, -0.2) is 24.0 Å². The number of benzene rings is 1. The van der Waals surface area contributed by atoms with Crippen LogP contribution in [0.4, 0.5) is 0 Å². The average molecular weight is 257 g/mol. The number of Topliss-reactive ketones (excluding diaryl/α,β-unsaturated/α-hetero) is 1. The van der Waals surface area contributed by atoms with E-state index >= 15 is 0 Å². The van der Waals surface area contributed by atoms with E-state index < -0.39 is 11.8 Å². The van der Waals surface area contributed by atoms with Crippen LogP contribution in [0, 0.1) is 0 Å². The molecule has 1 N–H and O–H groups in total. The van der Waals surface area contributed by atoms with Crippen LogP contribution in [0.15, 0.2) is 12.1 Å². The van der Waals surface area contributed by atoms with Gasteiger partial charge in [0.25, 0.3) is 5.78 Å². The van der Waals surface area contributed by atoms with E-state index in [9.17, 15) is 9.59 Å². The van der Waals surface area contributed by atoms with Crippen molar-refractivity contribution in [3.05, 3.63) is 28.3 Å². The molecular weight excluding hydrogens is 244 g/mol. The topological polar surface area (TPSA) is 63.6 Å². The molecular formula is C12H13ClO4. The SMILES string of the molecule is COc1cc(Cl)cc(C(=O)C(=O)O)c1C(C)C. The highest BCUT2D eigenvalue weighted by Crippen LogP contribution is 2.33. The van der Waals surface area contributed by atoms with Gasteiger partial charge in [0.05, 0.1) is 7.11 Å². The van der Waals surface area contributed by atoms with Crippen molar-refractivity contribution >= 4 is 23.4 Å². The molecule has 1 aromatic carbocycles. The number of aliphatic carboxylic acids is 1. The van der Waals surface area contributed by atoms with Gasteiger partial charge in [-0.05, 0) is 18.1 Å². The zero-order valence-corrected chi connectivity index (χ0v) is 10.5. The molecule has 0 bridgehead atoms. The predicted molar refractivity (Wildman–Crippen MR) is 64.1 cm³/mol. The Morgan fingerprint density at radius 2 is 1.94 bits per heavy atom. The second-order valence-corrected chi connectivity index (χ2v) is 4.29. The summed E-state index contributed by atoms with van der Waals surface area (Å²) in [4.78, 5) is 22.3. The van der Waals surface area contributed by atoms with Gasteiger partial charge in [-0.25, -0.2) is 4.79 Å². The van der Waals surface area contributed by atoms with Gasteiger partial charge in [-0.1, -0.05) is 25.4 Å². The Balaban J connectivity index is 3.51. The van der Waals surface area contributed by atoms with Crippen molar-refractivity contribution in [2.45, 2.75) is 19.8 Å². The molecule has 0 aliphatic rings. The lowest BCUT2D eigenvalue weighted by Crippen LogP contribution is -2.16. The van der Waals surface area contributed by atoms with Crippen molar-refractivity contribution in [3.8, 4) is 5.75 Å². The first kappa shape index (κ1) is 13.5. The quantitative estimate of drug-likeness (QED) is 0.665. The fourth-order valence-corrected chi connectivity index (χ4v) is 1.87. The van der Waals surface area contributed by atoms with Crippen LogP contribution < -0.4 is 4.74 Å². The average Bonchev–Trinajstić information content (AvgIpc) is 2.25. The third-order valence-corrected chi connectivity index (χ3v) is 2.56. The number of ketones is 1. The molecule has 0 fully saturated rings. The third kappa shape index (κ3) is 2.77. The second kappa shape index (κ2) is 5.19. The van der Waals surface area contributed by atoms with Crippen LogP contribution in [0.25, 0.3) is 0 Å². The minimum Gasteiger partial charge on any atom is -0.496 e. The van der Waals surface area contributed by atoms with Crippen LogP contribution in [0.3, 0.4) is 0 Å². The van der Waals surface area contributed by atoms with E-state index in [0.29, 0.717) is 11.3 Å². The number of rotatable bonds is 4. The summed E-state index contributed by atoms with van der Waals surface area (Å²) in [7, 11) is 1.45. The van der Waals surface area contributed by atoms with Gasteiger partial charge in [0, 0.05) is 16.1 Å². The molecule has 0 unspecified atom stereocenters. The summed E-state index contributed by atoms with van der Waals surface area (Å²) in [5.74, 6) is -2.09. The van der Waals surface area contributed by atoms with Crippen molar-refractivity contribution in [1.82, 2.24) is 0 Å². The van der Waals surface area contributed by atoms with Gasteiger partial charge in [-0.15, -0.1) is 0 Å². The highest BCUT2D eigenvalue weighted by atomic mass is 35.5. The van der Waals surface area contributed by atoms with Crippen LogP contribution >= 0.6 is 11.6 Å². The van der Waals surface area contributed by atoms with Crippen LogP contribution in [-0.2, 0) is 4.79 Å². The summed E-state index contributed by atoms with van der Waals surface area (Å²) >= 11 is 5.83. The van der Waals surface area contributed by atoms with E-state index in [4.69, 9.17) is 21.4 Å². The van der Waals surface area contributed by atoms with E-state index in [1.165, 1.54) is 13.2 Å². The number of methoxy groups -OCH3 is 1. The van der Waals surface area contributed by atoms with E-state index in [1.54, 1.807) is 6.07 Å². The molecule has 1 rings (SSSR count). The minimum absolute atomic E-state index is 0.0412. The normalized spacial score (nSPS) is 10.4. The second-order valence-electron chi connectivity index (χ2n) is 3.86. The van der Waals surface area contributed by atoms with Gasteiger partial charge < -0.3 is 9.84 Å². The standard InChI is InChI=1S/C12H13ClO4/c1-6(2)10-8(11(14)12(15)16)4-7(13)5-9(10)17-3/h4-6H,1-3H3,(H,15,16). The van der Waals surface area contributed by atoms with Gasteiger partial charge in [0.1, 0.15) is 5.75 Å². The number of hydrogen-bond acceptors (Lipinski definition) is 3. The Labute approximate surface area is 104 Å². The smallest absolute Gasteiger partial charge is 0.377 e. The van der Waals surface area contributed by atoms with Crippen molar-refractivity contribution in [3.63, 3.8) is 0 Å². The largest absolute Gasteiger partial charge is 0.496 e. The van der Waals surface area contributed by atoms with Crippen LogP contribution in [0.1, 0.15) is 35.7 Å². The van der Waals surface area contributed by atoms with Crippen LogP contribution in [0.2, 0.25) is 5.02 Å². The van der Waals surface area contributed by atoms with Crippen molar-refractivity contribution in [2.75, 3.05) is 7.11 Å². The molecule has 0 aliphatic carbocycles. The number of halogens is 1. The van der Waals surface area contributed by atoms with Crippen LogP contribution in [0.5, 0.6) is 5.75 Å². The molecule has 0 amide bonds. The fraction of sp³-hybridized carbons (Fsp3) is 0.333. The molecule has 0 atom stereocenters. The zero-order valence-electron chi connectivity index (χ0n) is 9.78. The van der Waals surface area contributed by atoms with E-state index in [-0.39, 0.29) is 16.5 Å². The number of hydrogen-bond donors (Lipinski definition) is 1. The van der Waals surface area contributed by atoms with E-state index in [1.807, 2.05) is 13.8 Å². The Kier molecular flexibility index (Phi) is 4.12. The zero-order chi connectivity index (χ0) is 13.2. The van der Waals surface area contributed by atoms with Gasteiger partial charge in [0.2, 0.25) is 0 Å². The monoisotopic (exact) mass is 256 g/mol. The predicted octanol–water partition coefficient (Wildman–Crippen LogP) is 2.74. The summed E-state index contributed by atoms with van der Waals surface area (Å²) in [6, 6.07) is 2.92. The summed E-state index contributed by atoms with van der Waals surface area (Å²) in [5, 5.41) is 9.04. The maximum Gasteiger partial charge on any atom is 0.377 e. The van der Waals surface area contributed by atoms with E-state index in [2.05, 4.69) is 0 Å². The third-order valence-electron chi connectivity index (χ3n) is 2.34. The molecule has 4 nitrogen and oxygen atoms in total. The van der Waals surface area contributed by atoms with Crippen molar-refractivity contribution in [1.29, 1.82) is 0 Å². The lowest BCUT2D eigenvalue weighted by atomic mass is 9.93. The highest BCUT2D eigenvalue weighted by Gasteiger charge is 2.23. The summed E-state index contributed by atoms with van der Waals surface area (Å²) in [6.45, 7) is 3.70. The lowest BCUT2D eigenvalue weighted by Gasteiger charge is -2.15. The minimum atomic E-state index is -1.50. The van der Waals surface area contributed by atoms with Gasteiger partial charge in [-0.2, -0.15) is 0 Å². The maximum absolute atomic E-state index is 11.6. The molecule has 0 saturated heterocycles.